The lowest BCUT2D eigenvalue weighted by atomic mass is 10.1. The summed E-state index contributed by atoms with van der Waals surface area (Å²) >= 11 is 0. The summed E-state index contributed by atoms with van der Waals surface area (Å²) in [5.41, 5.74) is 1.31. The number of nitrogens with zero attached hydrogens (tertiary/aromatic N) is 1. The Balaban J connectivity index is 2.04. The average Bonchev–Trinajstić information content (AvgIpc) is 2.38. The SMILES string of the molecule is CNCCC1COCCN1c1ccccc1. The van der Waals surface area contributed by atoms with Crippen LogP contribution >= 0.6 is 0 Å². The maximum absolute atomic E-state index is 5.56. The molecule has 0 aliphatic carbocycles. The van der Waals surface area contributed by atoms with Gasteiger partial charge in [-0.3, -0.25) is 0 Å². The summed E-state index contributed by atoms with van der Waals surface area (Å²) in [6.07, 6.45) is 1.13. The molecule has 1 atom stereocenters. The first kappa shape index (κ1) is 11.4. The molecule has 1 heterocycles. The van der Waals surface area contributed by atoms with Crippen molar-refractivity contribution in [3.8, 4) is 0 Å². The molecule has 1 aromatic rings. The lowest BCUT2D eigenvalue weighted by Gasteiger charge is -2.37. The highest BCUT2D eigenvalue weighted by molar-refractivity contribution is 5.47. The zero-order valence-corrected chi connectivity index (χ0v) is 9.86. The molecule has 2 rings (SSSR count). The zero-order chi connectivity index (χ0) is 11.2. The van der Waals surface area contributed by atoms with E-state index in [0.717, 1.165) is 32.7 Å². The van der Waals surface area contributed by atoms with Crippen LogP contribution in [-0.4, -0.2) is 39.4 Å². The van der Waals surface area contributed by atoms with Gasteiger partial charge in [-0.15, -0.1) is 0 Å². The Kier molecular flexibility index (Phi) is 4.19. The van der Waals surface area contributed by atoms with E-state index >= 15 is 0 Å². The molecule has 1 saturated heterocycles. The Morgan fingerprint density at radius 3 is 2.94 bits per heavy atom. The van der Waals surface area contributed by atoms with Crippen molar-refractivity contribution in [2.24, 2.45) is 0 Å². The first-order valence-electron chi connectivity index (χ1n) is 5.96. The lowest BCUT2D eigenvalue weighted by molar-refractivity contribution is 0.0917. The van der Waals surface area contributed by atoms with Crippen molar-refractivity contribution in [1.29, 1.82) is 0 Å². The molecule has 3 heteroatoms. The fourth-order valence-electron chi connectivity index (χ4n) is 2.16. The fraction of sp³-hybridized carbons (Fsp3) is 0.538. The van der Waals surface area contributed by atoms with Crippen molar-refractivity contribution in [1.82, 2.24) is 5.32 Å². The van der Waals surface area contributed by atoms with Gasteiger partial charge in [-0.1, -0.05) is 18.2 Å². The molecule has 1 unspecified atom stereocenters. The number of ether oxygens (including phenoxy) is 1. The Hall–Kier alpha value is -1.06. The van der Waals surface area contributed by atoms with Gasteiger partial charge in [-0.2, -0.15) is 0 Å². The zero-order valence-electron chi connectivity index (χ0n) is 9.86. The van der Waals surface area contributed by atoms with Crippen LogP contribution in [0.4, 0.5) is 5.69 Å². The lowest BCUT2D eigenvalue weighted by Crippen LogP contribution is -2.46. The van der Waals surface area contributed by atoms with E-state index in [4.69, 9.17) is 4.74 Å². The van der Waals surface area contributed by atoms with Gasteiger partial charge in [0.15, 0.2) is 0 Å². The fourth-order valence-corrected chi connectivity index (χ4v) is 2.16. The van der Waals surface area contributed by atoms with Gasteiger partial charge in [0.1, 0.15) is 0 Å². The molecule has 1 fully saturated rings. The van der Waals surface area contributed by atoms with Gasteiger partial charge < -0.3 is 15.0 Å². The van der Waals surface area contributed by atoms with Gasteiger partial charge in [-0.25, -0.2) is 0 Å². The van der Waals surface area contributed by atoms with Gasteiger partial charge in [0.2, 0.25) is 0 Å². The summed E-state index contributed by atoms with van der Waals surface area (Å²) in [5, 5.41) is 3.20. The van der Waals surface area contributed by atoms with E-state index in [0.29, 0.717) is 6.04 Å². The number of para-hydroxylation sites is 1. The highest BCUT2D eigenvalue weighted by Crippen LogP contribution is 2.20. The third kappa shape index (κ3) is 2.74. The molecule has 0 radical (unpaired) electrons. The van der Waals surface area contributed by atoms with E-state index < -0.39 is 0 Å². The standard InChI is InChI=1S/C13H20N2O/c1-14-8-7-13-11-16-10-9-15(13)12-5-3-2-4-6-12/h2-6,13-14H,7-11H2,1H3. The molecule has 0 spiro atoms. The smallest absolute Gasteiger partial charge is 0.0671 e. The maximum atomic E-state index is 5.56. The normalized spacial score (nSPS) is 21.1. The Bertz CT molecular complexity index is 302. The first-order valence-corrected chi connectivity index (χ1v) is 5.96. The minimum atomic E-state index is 0.503. The van der Waals surface area contributed by atoms with E-state index in [1.54, 1.807) is 0 Å². The van der Waals surface area contributed by atoms with Crippen molar-refractivity contribution in [2.75, 3.05) is 38.3 Å². The number of benzene rings is 1. The van der Waals surface area contributed by atoms with E-state index in [-0.39, 0.29) is 0 Å². The molecule has 88 valence electrons. The molecule has 1 N–H and O–H groups in total. The third-order valence-electron chi connectivity index (χ3n) is 3.04. The van der Waals surface area contributed by atoms with Crippen molar-refractivity contribution < 1.29 is 4.74 Å². The van der Waals surface area contributed by atoms with Crippen LogP contribution in [-0.2, 0) is 4.74 Å². The van der Waals surface area contributed by atoms with Crippen molar-refractivity contribution in [3.63, 3.8) is 0 Å². The monoisotopic (exact) mass is 220 g/mol. The second kappa shape index (κ2) is 5.87. The summed E-state index contributed by atoms with van der Waals surface area (Å²) in [6, 6.07) is 11.1. The van der Waals surface area contributed by atoms with Gasteiger partial charge in [0.25, 0.3) is 0 Å². The van der Waals surface area contributed by atoms with Crippen LogP contribution in [0.5, 0.6) is 0 Å². The van der Waals surface area contributed by atoms with Gasteiger partial charge in [-0.05, 0) is 32.1 Å². The highest BCUT2D eigenvalue weighted by atomic mass is 16.5. The summed E-state index contributed by atoms with van der Waals surface area (Å²) < 4.78 is 5.56. The second-order valence-electron chi connectivity index (χ2n) is 4.15. The molecule has 16 heavy (non-hydrogen) atoms. The minimum Gasteiger partial charge on any atom is -0.377 e. The Labute approximate surface area is 97.4 Å². The Morgan fingerprint density at radius 1 is 1.38 bits per heavy atom. The topological polar surface area (TPSA) is 24.5 Å². The molecule has 0 aromatic heterocycles. The van der Waals surface area contributed by atoms with Crippen molar-refractivity contribution in [3.05, 3.63) is 30.3 Å². The maximum Gasteiger partial charge on any atom is 0.0671 e. The number of nitrogens with one attached hydrogen (secondary N) is 1. The number of rotatable bonds is 4. The van der Waals surface area contributed by atoms with Crippen LogP contribution in [0.25, 0.3) is 0 Å². The predicted octanol–water partition coefficient (Wildman–Crippen LogP) is 1.50. The van der Waals surface area contributed by atoms with E-state index in [9.17, 15) is 0 Å². The van der Waals surface area contributed by atoms with Gasteiger partial charge >= 0.3 is 0 Å². The summed E-state index contributed by atoms with van der Waals surface area (Å²) in [6.45, 7) is 3.72. The van der Waals surface area contributed by atoms with E-state index in [1.165, 1.54) is 5.69 Å². The predicted molar refractivity (Wildman–Crippen MR) is 66.9 cm³/mol. The molecular weight excluding hydrogens is 200 g/mol. The first-order chi connectivity index (χ1) is 7.92. The summed E-state index contributed by atoms with van der Waals surface area (Å²) in [7, 11) is 2.00. The quantitative estimate of drug-likeness (QED) is 0.832. The van der Waals surface area contributed by atoms with Gasteiger partial charge in [0.05, 0.1) is 19.3 Å². The van der Waals surface area contributed by atoms with Crippen LogP contribution in [0.1, 0.15) is 6.42 Å². The van der Waals surface area contributed by atoms with Crippen molar-refractivity contribution >= 4 is 5.69 Å². The molecule has 3 nitrogen and oxygen atoms in total. The number of hydrogen-bond acceptors (Lipinski definition) is 3. The molecule has 1 aromatic carbocycles. The van der Waals surface area contributed by atoms with Crippen LogP contribution in [0.15, 0.2) is 30.3 Å². The van der Waals surface area contributed by atoms with Crippen LogP contribution in [0.3, 0.4) is 0 Å². The van der Waals surface area contributed by atoms with E-state index in [1.807, 2.05) is 7.05 Å². The molecule has 0 bridgehead atoms. The number of hydrogen-bond donors (Lipinski definition) is 1. The van der Waals surface area contributed by atoms with Gasteiger partial charge in [0, 0.05) is 12.2 Å². The molecule has 1 aliphatic rings. The molecule has 1 aliphatic heterocycles. The molecule has 0 amide bonds. The number of morpholine rings is 1. The largest absolute Gasteiger partial charge is 0.377 e. The second-order valence-corrected chi connectivity index (χ2v) is 4.15. The van der Waals surface area contributed by atoms with Crippen LogP contribution < -0.4 is 10.2 Å². The summed E-state index contributed by atoms with van der Waals surface area (Å²) in [5.74, 6) is 0. The van der Waals surface area contributed by atoms with Crippen molar-refractivity contribution in [2.45, 2.75) is 12.5 Å². The van der Waals surface area contributed by atoms with Crippen LogP contribution in [0.2, 0.25) is 0 Å². The molecular formula is C13H20N2O. The van der Waals surface area contributed by atoms with E-state index in [2.05, 4.69) is 40.5 Å². The highest BCUT2D eigenvalue weighted by Gasteiger charge is 2.22. The number of anilines is 1. The third-order valence-corrected chi connectivity index (χ3v) is 3.04. The van der Waals surface area contributed by atoms with Crippen LogP contribution in [0, 0.1) is 0 Å². The molecule has 0 saturated carbocycles. The Morgan fingerprint density at radius 2 is 2.19 bits per heavy atom. The minimum absolute atomic E-state index is 0.503. The average molecular weight is 220 g/mol. The summed E-state index contributed by atoms with van der Waals surface area (Å²) in [4.78, 5) is 2.46.